The van der Waals surface area contributed by atoms with E-state index < -0.39 is 11.8 Å². The molecule has 0 saturated carbocycles. The van der Waals surface area contributed by atoms with E-state index in [0.717, 1.165) is 11.1 Å². The summed E-state index contributed by atoms with van der Waals surface area (Å²) in [5.74, 6) is -1.47. The summed E-state index contributed by atoms with van der Waals surface area (Å²) in [7, 11) is 0. The summed E-state index contributed by atoms with van der Waals surface area (Å²) in [5.41, 5.74) is 13.6. The van der Waals surface area contributed by atoms with E-state index >= 15 is 0 Å². The van der Waals surface area contributed by atoms with Crippen molar-refractivity contribution in [3.63, 3.8) is 0 Å². The number of nitrogen functional groups attached to an aromatic ring is 2. The van der Waals surface area contributed by atoms with Crippen molar-refractivity contribution in [2.45, 2.75) is 13.8 Å². The van der Waals surface area contributed by atoms with Gasteiger partial charge >= 0.3 is 5.97 Å². The van der Waals surface area contributed by atoms with Crippen molar-refractivity contribution in [2.75, 3.05) is 11.5 Å². The Balaban J connectivity index is 0.000000223. The Morgan fingerprint density at radius 2 is 1.59 bits per heavy atom. The Kier molecular flexibility index (Phi) is 6.27. The van der Waals surface area contributed by atoms with Crippen molar-refractivity contribution in [3.8, 4) is 11.5 Å². The number of hydrogen-bond donors (Lipinski definition) is 3. The second-order valence-corrected chi connectivity index (χ2v) is 5.66. The summed E-state index contributed by atoms with van der Waals surface area (Å²) in [5, 5.41) is 9.28. The molecule has 0 aliphatic heterocycles. The van der Waals surface area contributed by atoms with Crippen LogP contribution in [0.25, 0.3) is 0 Å². The molecule has 3 rings (SSSR count). The molecule has 8 heteroatoms. The third-order valence-corrected chi connectivity index (χ3v) is 3.41. The number of aryl methyl sites for hydroxylation is 2. The number of aromatic nitrogens is 2. The van der Waals surface area contributed by atoms with Crippen LogP contribution in [0.15, 0.2) is 48.8 Å². The van der Waals surface area contributed by atoms with Gasteiger partial charge in [-0.25, -0.2) is 19.2 Å². The summed E-state index contributed by atoms with van der Waals surface area (Å²) in [6.07, 6.45) is 2.54. The first-order valence-corrected chi connectivity index (χ1v) is 7.88. The Morgan fingerprint density at radius 3 is 2.15 bits per heavy atom. The number of carbonyl (C=O) groups excluding carboxylic acids is 1. The van der Waals surface area contributed by atoms with Gasteiger partial charge in [0, 0.05) is 5.69 Å². The maximum Gasteiger partial charge on any atom is 0.381 e. The third-order valence-electron chi connectivity index (χ3n) is 3.41. The van der Waals surface area contributed by atoms with Crippen LogP contribution >= 0.6 is 0 Å². The molecule has 0 aliphatic carbocycles. The molecule has 1 aromatic heterocycles. The zero-order chi connectivity index (χ0) is 20.0. The molecule has 7 nitrogen and oxygen atoms in total. The molecule has 1 heterocycles. The van der Waals surface area contributed by atoms with Crippen LogP contribution in [0.3, 0.4) is 0 Å². The highest BCUT2D eigenvalue weighted by Gasteiger charge is 2.13. The van der Waals surface area contributed by atoms with Gasteiger partial charge in [-0.05, 0) is 49.2 Å². The third kappa shape index (κ3) is 5.40. The molecular formula is C19H19FN4O3. The van der Waals surface area contributed by atoms with Crippen LogP contribution in [0.2, 0.25) is 0 Å². The minimum Gasteiger partial charge on any atom is -0.507 e. The lowest BCUT2D eigenvalue weighted by atomic mass is 10.1. The van der Waals surface area contributed by atoms with Crippen LogP contribution in [0.4, 0.5) is 15.8 Å². The number of para-hydroxylation sites is 1. The molecule has 140 valence electrons. The number of ether oxygens (including phenoxy) is 1. The predicted octanol–water partition coefficient (Wildman–Crippen LogP) is 3.01. The van der Waals surface area contributed by atoms with Gasteiger partial charge in [0.25, 0.3) is 0 Å². The molecule has 3 aromatic rings. The number of nitrogens with two attached hydrogens (primary N) is 2. The topological polar surface area (TPSA) is 124 Å². The second-order valence-electron chi connectivity index (χ2n) is 5.66. The molecular weight excluding hydrogens is 351 g/mol. The highest BCUT2D eigenvalue weighted by atomic mass is 19.1. The Morgan fingerprint density at radius 1 is 1.04 bits per heavy atom. The summed E-state index contributed by atoms with van der Waals surface area (Å²) in [6.45, 7) is 3.66. The van der Waals surface area contributed by atoms with Gasteiger partial charge in [-0.3, -0.25) is 0 Å². The first kappa shape index (κ1) is 19.6. The van der Waals surface area contributed by atoms with Crippen molar-refractivity contribution >= 4 is 17.3 Å². The largest absolute Gasteiger partial charge is 0.507 e. The molecule has 0 amide bonds. The van der Waals surface area contributed by atoms with Crippen molar-refractivity contribution in [1.29, 1.82) is 0 Å². The van der Waals surface area contributed by atoms with E-state index in [1.807, 2.05) is 13.8 Å². The number of phenolic OH excluding ortho intramolecular Hbond substituents is 1. The number of carbonyl (C=O) groups is 1. The maximum absolute atomic E-state index is 13.2. The number of hydrogen-bond acceptors (Lipinski definition) is 7. The Labute approximate surface area is 155 Å². The number of phenols is 1. The highest BCUT2D eigenvalue weighted by molar-refractivity contribution is 5.87. The number of esters is 1. The van der Waals surface area contributed by atoms with Crippen molar-refractivity contribution in [3.05, 3.63) is 71.6 Å². The Hall–Kier alpha value is -3.68. The van der Waals surface area contributed by atoms with Crippen LogP contribution in [-0.4, -0.2) is 21.0 Å². The van der Waals surface area contributed by atoms with Crippen molar-refractivity contribution < 1.29 is 19.0 Å². The van der Waals surface area contributed by atoms with Crippen LogP contribution in [-0.2, 0) is 0 Å². The fourth-order valence-electron chi connectivity index (χ4n) is 2.11. The predicted molar refractivity (Wildman–Crippen MR) is 99.8 cm³/mol. The average molecular weight is 370 g/mol. The van der Waals surface area contributed by atoms with Gasteiger partial charge in [0.05, 0.1) is 18.1 Å². The lowest BCUT2D eigenvalue weighted by molar-refractivity contribution is 0.0715. The zero-order valence-electron chi connectivity index (χ0n) is 14.8. The minimum absolute atomic E-state index is 0.169. The molecule has 0 bridgehead atoms. The molecule has 0 unspecified atom stereocenters. The number of rotatable bonds is 2. The lowest BCUT2D eigenvalue weighted by Gasteiger charge is -2.03. The van der Waals surface area contributed by atoms with Gasteiger partial charge in [-0.15, -0.1) is 0 Å². The first-order valence-electron chi connectivity index (χ1n) is 7.88. The zero-order valence-corrected chi connectivity index (χ0v) is 14.8. The maximum atomic E-state index is 13.2. The normalized spacial score (nSPS) is 9.89. The summed E-state index contributed by atoms with van der Waals surface area (Å²) < 4.78 is 18.0. The van der Waals surface area contributed by atoms with Gasteiger partial charge in [0.15, 0.2) is 11.6 Å². The molecule has 0 saturated heterocycles. The number of aromatic hydroxyl groups is 1. The van der Waals surface area contributed by atoms with Crippen LogP contribution in [0.5, 0.6) is 11.5 Å². The van der Waals surface area contributed by atoms with E-state index in [1.165, 1.54) is 30.6 Å². The standard InChI is InChI=1S/C11H8FN3O2.C8H11NO/c12-8-3-1-2-4-9(8)17-11(16)10-14-5-7(13)6-15-10;1-5-3-7(9)4-6(2)8(5)10/h1-6H,13H2;3-4,10H,9H2,1-2H3. The van der Waals surface area contributed by atoms with Gasteiger partial charge in [0.1, 0.15) is 5.75 Å². The van der Waals surface area contributed by atoms with Crippen molar-refractivity contribution in [1.82, 2.24) is 9.97 Å². The molecule has 0 aliphatic rings. The molecule has 0 fully saturated rings. The van der Waals surface area contributed by atoms with E-state index in [2.05, 4.69) is 9.97 Å². The van der Waals surface area contributed by atoms with Gasteiger partial charge in [-0.2, -0.15) is 0 Å². The van der Waals surface area contributed by atoms with Gasteiger partial charge in [-0.1, -0.05) is 12.1 Å². The van der Waals surface area contributed by atoms with E-state index in [4.69, 9.17) is 16.2 Å². The molecule has 5 N–H and O–H groups in total. The lowest BCUT2D eigenvalue weighted by Crippen LogP contribution is -2.13. The molecule has 2 aromatic carbocycles. The van der Waals surface area contributed by atoms with Gasteiger partial charge < -0.3 is 21.3 Å². The van der Waals surface area contributed by atoms with Gasteiger partial charge in [0.2, 0.25) is 5.82 Å². The van der Waals surface area contributed by atoms with Crippen LogP contribution in [0, 0.1) is 19.7 Å². The average Bonchev–Trinajstić information content (AvgIpc) is 2.62. The van der Waals surface area contributed by atoms with E-state index in [-0.39, 0.29) is 11.6 Å². The summed E-state index contributed by atoms with van der Waals surface area (Å²) in [4.78, 5) is 18.9. The summed E-state index contributed by atoms with van der Waals surface area (Å²) >= 11 is 0. The van der Waals surface area contributed by atoms with E-state index in [0.29, 0.717) is 17.1 Å². The fraction of sp³-hybridized carbons (Fsp3) is 0.105. The number of nitrogens with zero attached hydrogens (tertiary/aromatic N) is 2. The molecule has 27 heavy (non-hydrogen) atoms. The highest BCUT2D eigenvalue weighted by Crippen LogP contribution is 2.23. The quantitative estimate of drug-likeness (QED) is 0.274. The monoisotopic (exact) mass is 370 g/mol. The van der Waals surface area contributed by atoms with E-state index in [1.54, 1.807) is 18.2 Å². The molecule has 0 atom stereocenters. The van der Waals surface area contributed by atoms with Crippen molar-refractivity contribution in [2.24, 2.45) is 0 Å². The number of halogens is 1. The van der Waals surface area contributed by atoms with Crippen LogP contribution in [0.1, 0.15) is 21.7 Å². The summed E-state index contributed by atoms with van der Waals surface area (Å²) in [6, 6.07) is 9.07. The Bertz CT molecular complexity index is 923. The fourth-order valence-corrected chi connectivity index (χ4v) is 2.11. The molecule has 0 radical (unpaired) electrons. The second kappa shape index (κ2) is 8.61. The number of benzene rings is 2. The smallest absolute Gasteiger partial charge is 0.381 e. The number of anilines is 2. The minimum atomic E-state index is -0.838. The van der Waals surface area contributed by atoms with E-state index in [9.17, 15) is 14.3 Å². The SMILES string of the molecule is Cc1cc(N)cc(C)c1O.Nc1cnc(C(=O)Oc2ccccc2F)nc1. The van der Waals surface area contributed by atoms with Crippen LogP contribution < -0.4 is 16.2 Å². The first-order chi connectivity index (χ1) is 12.8. The molecule has 0 spiro atoms.